The van der Waals surface area contributed by atoms with Gasteiger partial charge in [0, 0.05) is 17.8 Å². The van der Waals surface area contributed by atoms with Crippen molar-refractivity contribution >= 4 is 17.3 Å². The van der Waals surface area contributed by atoms with E-state index in [1.54, 1.807) is 11.3 Å². The molecular weight excluding hydrogens is 262 g/mol. The van der Waals surface area contributed by atoms with Gasteiger partial charge in [-0.15, -0.1) is 11.3 Å². The number of hydrogen-bond donors (Lipinski definition) is 0. The normalized spacial score (nSPS) is 14.6. The zero-order valence-electron chi connectivity index (χ0n) is 10.7. The molecule has 2 aromatic rings. The predicted octanol–water partition coefficient (Wildman–Crippen LogP) is 2.45. The molecule has 0 N–H and O–H groups in total. The van der Waals surface area contributed by atoms with Gasteiger partial charge in [-0.2, -0.15) is 0 Å². The second-order valence-electron chi connectivity index (χ2n) is 4.64. The van der Waals surface area contributed by atoms with Crippen molar-refractivity contribution in [1.29, 1.82) is 0 Å². The van der Waals surface area contributed by atoms with E-state index in [0.717, 1.165) is 16.4 Å². The molecule has 19 heavy (non-hydrogen) atoms. The Bertz CT molecular complexity index is 586. The third kappa shape index (κ3) is 2.68. The molecule has 0 atom stereocenters. The summed E-state index contributed by atoms with van der Waals surface area (Å²) in [5, 5.41) is 2.98. The Balaban J connectivity index is 1.73. The Labute approximate surface area is 115 Å². The molecule has 100 valence electrons. The molecule has 0 aliphatic heterocycles. The van der Waals surface area contributed by atoms with Crippen LogP contribution < -0.4 is 0 Å². The first-order valence-corrected chi connectivity index (χ1v) is 7.19. The highest BCUT2D eigenvalue weighted by Crippen LogP contribution is 2.38. The van der Waals surface area contributed by atoms with Gasteiger partial charge in [-0.1, -0.05) is 0 Å². The first-order valence-electron chi connectivity index (χ1n) is 6.31. The van der Waals surface area contributed by atoms with E-state index in [4.69, 9.17) is 0 Å². The Kier molecular flexibility index (Phi) is 3.33. The van der Waals surface area contributed by atoms with E-state index in [1.807, 2.05) is 17.9 Å². The van der Waals surface area contributed by atoms with Crippen LogP contribution in [0.2, 0.25) is 0 Å². The van der Waals surface area contributed by atoms with Crippen molar-refractivity contribution in [2.45, 2.75) is 31.7 Å². The molecule has 0 spiro atoms. The third-order valence-corrected chi connectivity index (χ3v) is 4.10. The van der Waals surface area contributed by atoms with Crippen LogP contribution in [-0.2, 0) is 16.0 Å². The van der Waals surface area contributed by atoms with Crippen LogP contribution >= 0.6 is 11.3 Å². The summed E-state index contributed by atoms with van der Waals surface area (Å²) in [5.41, 5.74) is 2.02. The molecule has 2 aromatic heterocycles. The van der Waals surface area contributed by atoms with Crippen LogP contribution in [0.5, 0.6) is 0 Å². The first kappa shape index (κ1) is 12.3. The highest BCUT2D eigenvalue weighted by atomic mass is 32.1. The minimum Gasteiger partial charge on any atom is -0.469 e. The minimum atomic E-state index is -0.197. The average Bonchev–Trinajstić information content (AvgIpc) is 2.98. The molecule has 0 aromatic carbocycles. The average molecular weight is 277 g/mol. The van der Waals surface area contributed by atoms with Crippen LogP contribution in [0.25, 0.3) is 10.7 Å². The van der Waals surface area contributed by atoms with Crippen LogP contribution in [-0.4, -0.2) is 27.6 Å². The van der Waals surface area contributed by atoms with Crippen LogP contribution in [0.15, 0.2) is 17.9 Å². The van der Waals surface area contributed by atoms with Gasteiger partial charge in [-0.05, 0) is 12.8 Å². The fourth-order valence-corrected chi connectivity index (χ4v) is 2.85. The Hall–Kier alpha value is -1.69. The molecule has 5 nitrogen and oxygen atoms in total. The van der Waals surface area contributed by atoms with Crippen molar-refractivity contribution in [3.8, 4) is 10.7 Å². The second kappa shape index (κ2) is 5.13. The van der Waals surface area contributed by atoms with Gasteiger partial charge in [0.05, 0.1) is 37.4 Å². The number of ether oxygens (including phenoxy) is 1. The molecule has 0 amide bonds. The van der Waals surface area contributed by atoms with Gasteiger partial charge in [-0.25, -0.2) is 9.97 Å². The highest BCUT2D eigenvalue weighted by Gasteiger charge is 2.26. The van der Waals surface area contributed by atoms with Crippen LogP contribution in [0, 0.1) is 0 Å². The number of esters is 1. The number of imidazole rings is 1. The standard InChI is InChI=1S/C13H15N3O2S/c1-18-12(17)5-2-9-7-19-13(15-9)11-6-14-8-16(11)10-3-4-10/h6-8,10H,2-5H2,1H3. The van der Waals surface area contributed by atoms with Gasteiger partial charge in [-0.3, -0.25) is 4.79 Å². The summed E-state index contributed by atoms with van der Waals surface area (Å²) in [6.45, 7) is 0. The first-order chi connectivity index (χ1) is 9.28. The molecule has 2 heterocycles. The fraction of sp³-hybridized carbons (Fsp3) is 0.462. The van der Waals surface area contributed by atoms with Crippen molar-refractivity contribution in [2.24, 2.45) is 0 Å². The van der Waals surface area contributed by atoms with Crippen molar-refractivity contribution in [2.75, 3.05) is 7.11 Å². The number of methoxy groups -OCH3 is 1. The third-order valence-electron chi connectivity index (χ3n) is 3.19. The second-order valence-corrected chi connectivity index (χ2v) is 5.50. The number of rotatable bonds is 5. The molecule has 0 bridgehead atoms. The molecule has 0 radical (unpaired) electrons. The van der Waals surface area contributed by atoms with Gasteiger partial charge in [0.15, 0.2) is 0 Å². The summed E-state index contributed by atoms with van der Waals surface area (Å²) in [4.78, 5) is 19.9. The fourth-order valence-electron chi connectivity index (χ4n) is 1.99. The number of hydrogen-bond acceptors (Lipinski definition) is 5. The van der Waals surface area contributed by atoms with Gasteiger partial charge < -0.3 is 9.30 Å². The number of aryl methyl sites for hydroxylation is 1. The Morgan fingerprint density at radius 2 is 2.42 bits per heavy atom. The van der Waals surface area contributed by atoms with Crippen molar-refractivity contribution in [1.82, 2.24) is 14.5 Å². The van der Waals surface area contributed by atoms with Gasteiger partial charge in [0.1, 0.15) is 5.01 Å². The molecule has 3 rings (SSSR count). The summed E-state index contributed by atoms with van der Waals surface area (Å²) in [7, 11) is 1.41. The van der Waals surface area contributed by atoms with Crippen molar-refractivity contribution in [3.05, 3.63) is 23.6 Å². The maximum absolute atomic E-state index is 11.1. The Morgan fingerprint density at radius 1 is 1.58 bits per heavy atom. The maximum atomic E-state index is 11.1. The largest absolute Gasteiger partial charge is 0.469 e. The summed E-state index contributed by atoms with van der Waals surface area (Å²) in [5.74, 6) is -0.197. The minimum absolute atomic E-state index is 0.197. The molecular formula is C13H15N3O2S. The molecule has 1 saturated carbocycles. The SMILES string of the molecule is COC(=O)CCc1csc(-c2cncn2C2CC2)n1. The van der Waals surface area contributed by atoms with E-state index in [9.17, 15) is 4.79 Å². The number of carbonyl (C=O) groups excluding carboxylic acids is 1. The van der Waals surface area contributed by atoms with Crippen molar-refractivity contribution in [3.63, 3.8) is 0 Å². The topological polar surface area (TPSA) is 57.0 Å². The van der Waals surface area contributed by atoms with E-state index in [1.165, 1.54) is 20.0 Å². The summed E-state index contributed by atoms with van der Waals surface area (Å²) >= 11 is 1.60. The number of nitrogens with zero attached hydrogens (tertiary/aromatic N) is 3. The maximum Gasteiger partial charge on any atom is 0.305 e. The highest BCUT2D eigenvalue weighted by molar-refractivity contribution is 7.13. The predicted molar refractivity (Wildman–Crippen MR) is 71.9 cm³/mol. The zero-order valence-corrected chi connectivity index (χ0v) is 11.5. The lowest BCUT2D eigenvalue weighted by molar-refractivity contribution is -0.140. The van der Waals surface area contributed by atoms with E-state index in [0.29, 0.717) is 18.9 Å². The Morgan fingerprint density at radius 3 is 3.16 bits per heavy atom. The zero-order chi connectivity index (χ0) is 13.2. The lowest BCUT2D eigenvalue weighted by atomic mass is 10.2. The molecule has 1 aliphatic rings. The molecule has 1 fully saturated rings. The quantitative estimate of drug-likeness (QED) is 0.788. The number of aromatic nitrogens is 3. The van der Waals surface area contributed by atoms with Crippen molar-refractivity contribution < 1.29 is 9.53 Å². The molecule has 0 saturated heterocycles. The van der Waals surface area contributed by atoms with Gasteiger partial charge in [0.2, 0.25) is 0 Å². The number of thiazole rings is 1. The lowest BCUT2D eigenvalue weighted by Crippen LogP contribution is -2.02. The summed E-state index contributed by atoms with van der Waals surface area (Å²) in [6, 6.07) is 0.597. The van der Waals surface area contributed by atoms with E-state index in [2.05, 4.69) is 19.3 Å². The molecule has 6 heteroatoms. The van der Waals surface area contributed by atoms with Crippen LogP contribution in [0.3, 0.4) is 0 Å². The molecule has 0 unspecified atom stereocenters. The van der Waals surface area contributed by atoms with E-state index in [-0.39, 0.29) is 5.97 Å². The van der Waals surface area contributed by atoms with Gasteiger partial charge in [0.25, 0.3) is 0 Å². The van der Waals surface area contributed by atoms with Gasteiger partial charge >= 0.3 is 5.97 Å². The lowest BCUT2D eigenvalue weighted by Gasteiger charge is -2.02. The van der Waals surface area contributed by atoms with Crippen LogP contribution in [0.1, 0.15) is 31.0 Å². The smallest absolute Gasteiger partial charge is 0.305 e. The summed E-state index contributed by atoms with van der Waals surface area (Å²) < 4.78 is 6.83. The monoisotopic (exact) mass is 277 g/mol. The number of carbonyl (C=O) groups is 1. The van der Waals surface area contributed by atoms with Crippen LogP contribution in [0.4, 0.5) is 0 Å². The van der Waals surface area contributed by atoms with E-state index < -0.39 is 0 Å². The molecule has 1 aliphatic carbocycles. The summed E-state index contributed by atoms with van der Waals surface area (Å²) in [6.07, 6.45) is 7.19. The van der Waals surface area contributed by atoms with E-state index >= 15 is 0 Å².